The van der Waals surface area contributed by atoms with Crippen molar-refractivity contribution in [3.05, 3.63) is 42.0 Å². The number of Topliss-reactive ketones (excluding diaryl/α,β-unsaturated/α-hetero) is 1. The quantitative estimate of drug-likeness (QED) is 0.217. The molecule has 2 rings (SSSR count). The van der Waals surface area contributed by atoms with Gasteiger partial charge in [0.25, 0.3) is 21.9 Å². The van der Waals surface area contributed by atoms with Crippen LogP contribution in [-0.4, -0.2) is 70.2 Å². The smallest absolute Gasteiger partial charge is 0.276 e. The van der Waals surface area contributed by atoms with Gasteiger partial charge < -0.3 is 15.7 Å². The maximum Gasteiger partial charge on any atom is 0.276 e. The van der Waals surface area contributed by atoms with E-state index in [1.54, 1.807) is 38.1 Å². The zero-order valence-corrected chi connectivity index (χ0v) is 20.8. The summed E-state index contributed by atoms with van der Waals surface area (Å²) in [6.45, 7) is 3.61. The summed E-state index contributed by atoms with van der Waals surface area (Å²) in [5, 5.41) is 12.1. The molecule has 0 radical (unpaired) electrons. The summed E-state index contributed by atoms with van der Waals surface area (Å²) < 4.78 is 33.3. The number of anilines is 1. The Hall–Kier alpha value is -3.42. The molecular weight excluding hydrogens is 494 g/mol. The Bertz CT molecular complexity index is 1140. The van der Waals surface area contributed by atoms with Crippen molar-refractivity contribution in [1.82, 2.24) is 10.2 Å². The van der Waals surface area contributed by atoms with Crippen LogP contribution in [0.25, 0.3) is 0 Å². The van der Waals surface area contributed by atoms with Gasteiger partial charge in [0.2, 0.25) is 11.8 Å². The van der Waals surface area contributed by atoms with Gasteiger partial charge in [-0.15, -0.1) is 0 Å². The average molecular weight is 524 g/mol. The molecule has 0 saturated heterocycles. The third-order valence-electron chi connectivity index (χ3n) is 5.69. The summed E-state index contributed by atoms with van der Waals surface area (Å²) in [4.78, 5) is 62.3. The van der Waals surface area contributed by atoms with E-state index in [-0.39, 0.29) is 6.61 Å². The van der Waals surface area contributed by atoms with E-state index in [4.69, 9.17) is 5.11 Å². The van der Waals surface area contributed by atoms with Crippen LogP contribution >= 0.6 is 0 Å². The Morgan fingerprint density at radius 1 is 0.972 bits per heavy atom. The molecule has 1 unspecified atom stereocenters. The number of aliphatic hydroxyl groups is 1. The second-order valence-corrected chi connectivity index (χ2v) is 10.3. The van der Waals surface area contributed by atoms with Crippen LogP contribution in [0, 0.1) is 11.8 Å². The lowest BCUT2D eigenvalue weighted by molar-refractivity contribution is -0.137. The van der Waals surface area contributed by atoms with E-state index in [0.717, 1.165) is 12.2 Å². The zero-order chi connectivity index (χ0) is 27.2. The number of ketones is 1. The fraction of sp³-hybridized carbons (Fsp3) is 0.435. The highest BCUT2D eigenvalue weighted by atomic mass is 32.2. The SMILES string of the molecule is CC(C)[C@H](CC(=O)C(CN1C(=O)C=CC1=O)S(=O)(=O)O)C(=O)N[C@@H](C)C(=O)Nc1ccc(CO)cc1. The molecule has 1 heterocycles. The first-order valence-corrected chi connectivity index (χ1v) is 12.6. The molecular formula is C23H29N3O9S. The Morgan fingerprint density at radius 2 is 1.53 bits per heavy atom. The minimum atomic E-state index is -5.01. The maximum absolute atomic E-state index is 12.9. The largest absolute Gasteiger partial charge is 0.392 e. The second kappa shape index (κ2) is 12.0. The molecule has 0 saturated carbocycles. The van der Waals surface area contributed by atoms with Crippen LogP contribution in [0.5, 0.6) is 0 Å². The number of nitrogens with zero attached hydrogens (tertiary/aromatic N) is 1. The monoisotopic (exact) mass is 523 g/mol. The van der Waals surface area contributed by atoms with Gasteiger partial charge >= 0.3 is 0 Å². The van der Waals surface area contributed by atoms with Gasteiger partial charge in [0.1, 0.15) is 6.04 Å². The van der Waals surface area contributed by atoms with Crippen LogP contribution in [0.3, 0.4) is 0 Å². The first-order valence-electron chi connectivity index (χ1n) is 11.1. The molecule has 1 aliphatic rings. The topological polar surface area (TPSA) is 187 Å². The van der Waals surface area contributed by atoms with Crippen molar-refractivity contribution < 1.29 is 42.0 Å². The molecule has 0 aromatic heterocycles. The standard InChI is InChI=1S/C23H29N3O9S/c1-13(2)17(10-18(28)19(36(33,34)35)11-26-20(29)8-9-21(26)30)23(32)24-14(3)22(31)25-16-6-4-15(12-27)5-7-16/h4-9,13-14,17,19,27H,10-12H2,1-3H3,(H,24,32)(H,25,31)(H,33,34,35)/t14-,17-,19?/m0/s1. The third-order valence-corrected chi connectivity index (χ3v) is 6.82. The lowest BCUT2D eigenvalue weighted by Gasteiger charge is -2.25. The van der Waals surface area contributed by atoms with Gasteiger partial charge in [-0.3, -0.25) is 33.4 Å². The van der Waals surface area contributed by atoms with E-state index in [2.05, 4.69) is 10.6 Å². The number of rotatable bonds is 12. The van der Waals surface area contributed by atoms with Gasteiger partial charge in [-0.1, -0.05) is 26.0 Å². The number of imide groups is 1. The van der Waals surface area contributed by atoms with Gasteiger partial charge in [0, 0.05) is 30.2 Å². The Morgan fingerprint density at radius 3 is 2.00 bits per heavy atom. The molecule has 4 amide bonds. The Balaban J connectivity index is 2.08. The maximum atomic E-state index is 12.9. The molecule has 3 atom stereocenters. The fourth-order valence-corrected chi connectivity index (χ4v) is 4.21. The normalized spacial score (nSPS) is 16.1. The molecule has 4 N–H and O–H groups in total. The molecule has 1 aliphatic heterocycles. The molecule has 0 fully saturated rings. The molecule has 13 heteroatoms. The average Bonchev–Trinajstić information content (AvgIpc) is 3.11. The molecule has 1 aromatic carbocycles. The Labute approximate surface area is 208 Å². The van der Waals surface area contributed by atoms with Crippen LogP contribution < -0.4 is 10.6 Å². The lowest BCUT2D eigenvalue weighted by atomic mass is 9.88. The van der Waals surface area contributed by atoms with Gasteiger partial charge in [-0.2, -0.15) is 8.42 Å². The van der Waals surface area contributed by atoms with Crippen LogP contribution in [0.1, 0.15) is 32.8 Å². The number of amides is 4. The molecule has 1 aromatic rings. The molecule has 0 aliphatic carbocycles. The van der Waals surface area contributed by atoms with Crippen molar-refractivity contribution in [2.75, 3.05) is 11.9 Å². The van der Waals surface area contributed by atoms with Gasteiger partial charge in [-0.25, -0.2) is 0 Å². The summed E-state index contributed by atoms with van der Waals surface area (Å²) in [6.07, 6.45) is 1.20. The van der Waals surface area contributed by atoms with Crippen molar-refractivity contribution in [2.24, 2.45) is 11.8 Å². The number of aliphatic hydroxyl groups excluding tert-OH is 1. The van der Waals surface area contributed by atoms with Crippen molar-refractivity contribution in [3.8, 4) is 0 Å². The summed E-state index contributed by atoms with van der Waals surface area (Å²) >= 11 is 0. The third kappa shape index (κ3) is 7.54. The highest BCUT2D eigenvalue weighted by Crippen LogP contribution is 2.20. The summed E-state index contributed by atoms with van der Waals surface area (Å²) in [5.41, 5.74) is 1.09. The summed E-state index contributed by atoms with van der Waals surface area (Å²) in [6, 6.07) is 5.37. The zero-order valence-electron chi connectivity index (χ0n) is 20.0. The fourth-order valence-electron chi connectivity index (χ4n) is 3.45. The van der Waals surface area contributed by atoms with E-state index in [9.17, 15) is 36.9 Å². The molecule has 0 spiro atoms. The molecule has 36 heavy (non-hydrogen) atoms. The number of carbonyl (C=O) groups is 5. The van der Waals surface area contributed by atoms with Crippen molar-refractivity contribution in [2.45, 2.75) is 45.1 Å². The van der Waals surface area contributed by atoms with Crippen LogP contribution in [0.15, 0.2) is 36.4 Å². The van der Waals surface area contributed by atoms with Crippen LogP contribution in [0.2, 0.25) is 0 Å². The van der Waals surface area contributed by atoms with E-state index in [1.165, 1.54) is 6.92 Å². The van der Waals surface area contributed by atoms with Gasteiger partial charge in [0.05, 0.1) is 13.2 Å². The van der Waals surface area contributed by atoms with Crippen molar-refractivity contribution in [1.29, 1.82) is 0 Å². The number of benzene rings is 1. The number of hydrogen-bond acceptors (Lipinski definition) is 8. The van der Waals surface area contributed by atoms with E-state index < -0.39 is 75.6 Å². The predicted molar refractivity (Wildman–Crippen MR) is 128 cm³/mol. The van der Waals surface area contributed by atoms with Crippen LogP contribution in [-0.2, 0) is 40.7 Å². The minimum Gasteiger partial charge on any atom is -0.392 e. The summed E-state index contributed by atoms with van der Waals surface area (Å²) in [5.74, 6) is -5.49. The lowest BCUT2D eigenvalue weighted by Crippen LogP contribution is -2.48. The van der Waals surface area contributed by atoms with Crippen molar-refractivity contribution in [3.63, 3.8) is 0 Å². The molecule has 12 nitrogen and oxygen atoms in total. The molecule has 196 valence electrons. The number of carbonyl (C=O) groups excluding carboxylic acids is 5. The summed E-state index contributed by atoms with van der Waals surface area (Å²) in [7, 11) is -5.01. The van der Waals surface area contributed by atoms with Gasteiger partial charge in [0.15, 0.2) is 11.0 Å². The van der Waals surface area contributed by atoms with Gasteiger partial charge in [-0.05, 0) is 30.5 Å². The van der Waals surface area contributed by atoms with E-state index in [1.807, 2.05) is 0 Å². The van der Waals surface area contributed by atoms with Crippen LogP contribution in [0.4, 0.5) is 5.69 Å². The molecule has 0 bridgehead atoms. The number of hydrogen-bond donors (Lipinski definition) is 4. The second-order valence-electron chi connectivity index (χ2n) is 8.72. The first-order chi connectivity index (χ1) is 16.7. The first kappa shape index (κ1) is 28.8. The predicted octanol–water partition coefficient (Wildman–Crippen LogP) is 0.0349. The number of nitrogens with one attached hydrogen (secondary N) is 2. The Kier molecular flexibility index (Phi) is 9.62. The van der Waals surface area contributed by atoms with Crippen molar-refractivity contribution >= 4 is 45.2 Å². The van der Waals surface area contributed by atoms with E-state index >= 15 is 0 Å². The minimum absolute atomic E-state index is 0.157. The van der Waals surface area contributed by atoms with E-state index in [0.29, 0.717) is 16.2 Å². The highest BCUT2D eigenvalue weighted by Gasteiger charge is 2.39. The highest BCUT2D eigenvalue weighted by molar-refractivity contribution is 7.87.